The minimum absolute atomic E-state index is 0.0938. The highest BCUT2D eigenvalue weighted by Crippen LogP contribution is 2.28. The molecule has 0 aromatic heterocycles. The molecule has 7 nitrogen and oxygen atoms in total. The highest BCUT2D eigenvalue weighted by atomic mass is 16.5. The number of nitrogens with zero attached hydrogens (tertiary/aromatic N) is 1. The molecule has 1 atom stereocenters. The minimum atomic E-state index is -0.725. The Morgan fingerprint density at radius 1 is 0.865 bits per heavy atom. The van der Waals surface area contributed by atoms with Gasteiger partial charge in [-0.05, 0) is 41.0 Å². The average Bonchev–Trinajstić information content (AvgIpc) is 2.94. The van der Waals surface area contributed by atoms with Crippen molar-refractivity contribution < 1.29 is 23.8 Å². The van der Waals surface area contributed by atoms with Gasteiger partial charge in [-0.2, -0.15) is 0 Å². The van der Waals surface area contributed by atoms with Gasteiger partial charge in [-0.3, -0.25) is 9.59 Å². The lowest BCUT2D eigenvalue weighted by Gasteiger charge is -2.31. The third-order valence-electron chi connectivity index (χ3n) is 6.01. The van der Waals surface area contributed by atoms with Crippen molar-refractivity contribution in [3.63, 3.8) is 0 Å². The molecule has 0 aliphatic heterocycles. The Balaban J connectivity index is 1.97. The van der Waals surface area contributed by atoms with Gasteiger partial charge in [0, 0.05) is 19.5 Å². The van der Waals surface area contributed by atoms with Gasteiger partial charge in [-0.15, -0.1) is 6.58 Å². The number of methoxy groups -OCH3 is 3. The maximum absolute atomic E-state index is 13.8. The monoisotopic (exact) mass is 502 g/mol. The third kappa shape index (κ3) is 7.61. The summed E-state index contributed by atoms with van der Waals surface area (Å²) in [7, 11) is 4.72. The van der Waals surface area contributed by atoms with Crippen LogP contribution in [0.25, 0.3) is 0 Å². The molecule has 0 heterocycles. The topological polar surface area (TPSA) is 77.1 Å². The van der Waals surface area contributed by atoms with Crippen LogP contribution in [0.3, 0.4) is 0 Å². The molecule has 3 rings (SSSR count). The summed E-state index contributed by atoms with van der Waals surface area (Å²) in [4.78, 5) is 28.8. The molecule has 0 aliphatic carbocycles. The fourth-order valence-corrected chi connectivity index (χ4v) is 4.04. The van der Waals surface area contributed by atoms with Gasteiger partial charge in [0.15, 0.2) is 11.5 Å². The molecule has 1 N–H and O–H groups in total. The quantitative estimate of drug-likeness (QED) is 0.355. The number of benzene rings is 3. The number of carbonyl (C=O) groups is 2. The zero-order chi connectivity index (χ0) is 26.6. The van der Waals surface area contributed by atoms with E-state index in [9.17, 15) is 9.59 Å². The van der Waals surface area contributed by atoms with Gasteiger partial charge in [-0.25, -0.2) is 0 Å². The van der Waals surface area contributed by atoms with Crippen LogP contribution in [0.2, 0.25) is 0 Å². The van der Waals surface area contributed by atoms with E-state index in [1.807, 2.05) is 60.7 Å². The molecule has 0 aliphatic rings. The van der Waals surface area contributed by atoms with Crippen LogP contribution < -0.4 is 19.5 Å². The van der Waals surface area contributed by atoms with Crippen molar-refractivity contribution in [3.05, 3.63) is 102 Å². The molecule has 194 valence electrons. The van der Waals surface area contributed by atoms with Crippen LogP contribution in [-0.2, 0) is 29.0 Å². The standard InChI is InChI=1S/C30H34N2O5/c1-5-17-31-30(34)26(18-22-9-7-6-8-10-22)32(21-23-11-14-25(35-2)15-12-23)29(33)20-24-13-16-27(36-3)28(19-24)37-4/h5-16,19,26H,1,17-18,20-21H2,2-4H3,(H,31,34)/t26-/m1/s1. The predicted octanol–water partition coefficient (Wildman–Crippen LogP) is 4.20. The maximum Gasteiger partial charge on any atom is 0.243 e. The summed E-state index contributed by atoms with van der Waals surface area (Å²) in [6.45, 7) is 4.27. The summed E-state index contributed by atoms with van der Waals surface area (Å²) in [5, 5.41) is 2.88. The number of amides is 2. The van der Waals surface area contributed by atoms with Crippen LogP contribution in [0.5, 0.6) is 17.2 Å². The van der Waals surface area contributed by atoms with Gasteiger partial charge in [0.25, 0.3) is 0 Å². The molecule has 0 saturated carbocycles. The fourth-order valence-electron chi connectivity index (χ4n) is 4.04. The van der Waals surface area contributed by atoms with Crippen molar-refractivity contribution in [3.8, 4) is 17.2 Å². The van der Waals surface area contributed by atoms with E-state index >= 15 is 0 Å². The van der Waals surface area contributed by atoms with Crippen molar-refractivity contribution in [2.75, 3.05) is 27.9 Å². The lowest BCUT2D eigenvalue weighted by molar-refractivity contribution is -0.140. The zero-order valence-corrected chi connectivity index (χ0v) is 21.6. The summed E-state index contributed by atoms with van der Waals surface area (Å²) in [6, 6.07) is 21.8. The Labute approximate surface area is 218 Å². The van der Waals surface area contributed by atoms with Gasteiger partial charge in [0.1, 0.15) is 11.8 Å². The van der Waals surface area contributed by atoms with E-state index in [1.54, 1.807) is 44.4 Å². The van der Waals surface area contributed by atoms with Crippen molar-refractivity contribution >= 4 is 11.8 Å². The van der Waals surface area contributed by atoms with Gasteiger partial charge in [-0.1, -0.05) is 54.6 Å². The summed E-state index contributed by atoms with van der Waals surface area (Å²) < 4.78 is 16.0. The average molecular weight is 503 g/mol. The molecule has 3 aromatic carbocycles. The summed E-state index contributed by atoms with van der Waals surface area (Å²) >= 11 is 0. The number of nitrogens with one attached hydrogen (secondary N) is 1. The SMILES string of the molecule is C=CCNC(=O)[C@@H](Cc1ccccc1)N(Cc1ccc(OC)cc1)C(=O)Cc1ccc(OC)c(OC)c1. The molecular weight excluding hydrogens is 468 g/mol. The minimum Gasteiger partial charge on any atom is -0.497 e. The second-order valence-electron chi connectivity index (χ2n) is 8.48. The van der Waals surface area contributed by atoms with E-state index in [0.29, 0.717) is 24.5 Å². The molecule has 0 fully saturated rings. The Bertz CT molecular complexity index is 1180. The fraction of sp³-hybridized carbons (Fsp3) is 0.267. The smallest absolute Gasteiger partial charge is 0.243 e. The van der Waals surface area contributed by atoms with Gasteiger partial charge >= 0.3 is 0 Å². The van der Waals surface area contributed by atoms with Gasteiger partial charge in [0.05, 0.1) is 27.8 Å². The Kier molecular flexibility index (Phi) is 10.1. The van der Waals surface area contributed by atoms with Crippen LogP contribution in [-0.4, -0.2) is 50.6 Å². The molecular formula is C30H34N2O5. The van der Waals surface area contributed by atoms with Gasteiger partial charge < -0.3 is 24.4 Å². The van der Waals surface area contributed by atoms with E-state index in [0.717, 1.165) is 22.4 Å². The molecule has 2 amide bonds. The lowest BCUT2D eigenvalue weighted by atomic mass is 10.0. The van der Waals surface area contributed by atoms with Crippen LogP contribution in [0, 0.1) is 0 Å². The van der Waals surface area contributed by atoms with E-state index in [1.165, 1.54) is 0 Å². The van der Waals surface area contributed by atoms with Crippen LogP contribution in [0.1, 0.15) is 16.7 Å². The Morgan fingerprint density at radius 3 is 2.16 bits per heavy atom. The number of hydrogen-bond acceptors (Lipinski definition) is 5. The Morgan fingerprint density at radius 2 is 1.54 bits per heavy atom. The first kappa shape index (κ1) is 27.3. The van der Waals surface area contributed by atoms with E-state index in [4.69, 9.17) is 14.2 Å². The Hall–Kier alpha value is -4.26. The first-order valence-corrected chi connectivity index (χ1v) is 12.0. The first-order valence-electron chi connectivity index (χ1n) is 12.0. The molecule has 0 radical (unpaired) electrons. The van der Waals surface area contributed by atoms with Crippen LogP contribution in [0.15, 0.2) is 85.5 Å². The van der Waals surface area contributed by atoms with Crippen molar-refractivity contribution in [1.82, 2.24) is 10.2 Å². The largest absolute Gasteiger partial charge is 0.497 e. The van der Waals surface area contributed by atoms with E-state index in [2.05, 4.69) is 11.9 Å². The normalized spacial score (nSPS) is 11.2. The van der Waals surface area contributed by atoms with Crippen LogP contribution in [0.4, 0.5) is 0 Å². The summed E-state index contributed by atoms with van der Waals surface area (Å²) in [5.74, 6) is 1.42. The maximum atomic E-state index is 13.8. The molecule has 0 saturated heterocycles. The zero-order valence-electron chi connectivity index (χ0n) is 21.6. The van der Waals surface area contributed by atoms with Crippen molar-refractivity contribution in [2.24, 2.45) is 0 Å². The second kappa shape index (κ2) is 13.7. The van der Waals surface area contributed by atoms with Gasteiger partial charge in [0.2, 0.25) is 11.8 Å². The number of ether oxygens (including phenoxy) is 3. The second-order valence-corrected chi connectivity index (χ2v) is 8.48. The molecule has 7 heteroatoms. The molecule has 0 bridgehead atoms. The lowest BCUT2D eigenvalue weighted by Crippen LogP contribution is -2.51. The first-order chi connectivity index (χ1) is 18.0. The molecule has 3 aromatic rings. The number of hydrogen-bond donors (Lipinski definition) is 1. The molecule has 0 unspecified atom stereocenters. The number of rotatable bonds is 13. The summed E-state index contributed by atoms with van der Waals surface area (Å²) in [6.07, 6.45) is 2.09. The van der Waals surface area contributed by atoms with Crippen LogP contribution >= 0.6 is 0 Å². The summed E-state index contributed by atoms with van der Waals surface area (Å²) in [5.41, 5.74) is 2.60. The molecule has 0 spiro atoms. The van der Waals surface area contributed by atoms with E-state index in [-0.39, 0.29) is 24.8 Å². The highest BCUT2D eigenvalue weighted by Gasteiger charge is 2.30. The predicted molar refractivity (Wildman–Crippen MR) is 144 cm³/mol. The third-order valence-corrected chi connectivity index (χ3v) is 6.01. The highest BCUT2D eigenvalue weighted by molar-refractivity contribution is 5.89. The van der Waals surface area contributed by atoms with E-state index < -0.39 is 6.04 Å². The number of carbonyl (C=O) groups excluding carboxylic acids is 2. The molecule has 37 heavy (non-hydrogen) atoms. The van der Waals surface area contributed by atoms with Crippen molar-refractivity contribution in [1.29, 1.82) is 0 Å². The van der Waals surface area contributed by atoms with Crippen molar-refractivity contribution in [2.45, 2.75) is 25.4 Å².